The fourth-order valence-corrected chi connectivity index (χ4v) is 4.00. The van der Waals surface area contributed by atoms with E-state index >= 15 is 0 Å². The molecule has 26 heavy (non-hydrogen) atoms. The van der Waals surface area contributed by atoms with Crippen LogP contribution in [0.15, 0.2) is 30.5 Å². The van der Waals surface area contributed by atoms with Crippen LogP contribution >= 0.6 is 7.76 Å². The zero-order valence-corrected chi connectivity index (χ0v) is 14.7. The van der Waals surface area contributed by atoms with Gasteiger partial charge in [0.05, 0.1) is 10.9 Å². The third kappa shape index (κ3) is 4.17. The summed E-state index contributed by atoms with van der Waals surface area (Å²) in [6.45, 7) is 1.58. The third-order valence-electron chi connectivity index (χ3n) is 4.09. The number of hydrogen-bond acceptors (Lipinski definition) is 6. The first-order chi connectivity index (χ1) is 12.4. The maximum absolute atomic E-state index is 13.4. The molecule has 5 N–H and O–H groups in total. The van der Waals surface area contributed by atoms with Gasteiger partial charge >= 0.3 is 6.18 Å². The highest BCUT2D eigenvalue weighted by atomic mass is 31.1. The number of fused-ring (bicyclic) bond motifs is 1. The topological polar surface area (TPSA) is 96.1 Å². The van der Waals surface area contributed by atoms with Gasteiger partial charge in [-0.25, -0.2) is 9.97 Å². The van der Waals surface area contributed by atoms with Gasteiger partial charge in [-0.2, -0.15) is 13.2 Å². The van der Waals surface area contributed by atoms with Crippen molar-refractivity contribution in [2.24, 2.45) is 0 Å². The second kappa shape index (κ2) is 7.65. The molecule has 140 valence electrons. The Balaban J connectivity index is 2.22. The predicted molar refractivity (Wildman–Crippen MR) is 96.4 cm³/mol. The molecule has 1 unspecified atom stereocenters. The van der Waals surface area contributed by atoms with Crippen molar-refractivity contribution >= 4 is 29.8 Å². The fourth-order valence-electron chi connectivity index (χ4n) is 2.76. The number of alkyl halides is 3. The smallest absolute Gasteiger partial charge is 0.393 e. The Bertz CT molecular complexity index is 848. The number of halogens is 3. The van der Waals surface area contributed by atoms with Crippen LogP contribution in [0.1, 0.15) is 18.4 Å². The van der Waals surface area contributed by atoms with Gasteiger partial charge in [0.2, 0.25) is 5.95 Å². The predicted octanol–water partition coefficient (Wildman–Crippen LogP) is 3.26. The van der Waals surface area contributed by atoms with Crippen LogP contribution in [-0.2, 0) is 6.18 Å². The Morgan fingerprint density at radius 1 is 1.31 bits per heavy atom. The van der Waals surface area contributed by atoms with Crippen molar-refractivity contribution in [1.29, 1.82) is 0 Å². The van der Waals surface area contributed by atoms with Crippen molar-refractivity contribution in [1.82, 2.24) is 15.3 Å². The Kier molecular flexibility index (Phi) is 5.50. The summed E-state index contributed by atoms with van der Waals surface area (Å²) in [4.78, 5) is 18.7. The van der Waals surface area contributed by atoms with Gasteiger partial charge < -0.3 is 21.3 Å². The van der Waals surface area contributed by atoms with Crippen LogP contribution in [0.2, 0.25) is 0 Å². The zero-order chi connectivity index (χ0) is 18.7. The molecule has 1 aliphatic rings. The van der Waals surface area contributed by atoms with Crippen molar-refractivity contribution in [2.45, 2.75) is 25.1 Å². The van der Waals surface area contributed by atoms with E-state index in [-0.39, 0.29) is 17.1 Å². The molecule has 6 nitrogen and oxygen atoms in total. The average molecular weight is 385 g/mol. The van der Waals surface area contributed by atoms with Crippen molar-refractivity contribution in [2.75, 3.05) is 24.1 Å². The van der Waals surface area contributed by atoms with Crippen LogP contribution in [-0.4, -0.2) is 34.0 Å². The highest BCUT2D eigenvalue weighted by molar-refractivity contribution is 7.53. The molecular formula is C16H19F3N5OP. The molecule has 0 spiro atoms. The van der Waals surface area contributed by atoms with Crippen LogP contribution in [0.25, 0.3) is 10.6 Å². The molecule has 1 saturated heterocycles. The molecule has 10 heteroatoms. The SMILES string of the molecule is Nc1c(C(F)(F)F)cnc(N[C@H]2CCCNC2)nc2ccccc2p1O. The molecule has 0 aliphatic carbocycles. The summed E-state index contributed by atoms with van der Waals surface area (Å²) in [6, 6.07) is 6.47. The summed E-state index contributed by atoms with van der Waals surface area (Å²) < 4.78 is 40.1. The summed E-state index contributed by atoms with van der Waals surface area (Å²) in [5.74, 6) is 0.0611. The van der Waals surface area contributed by atoms with Gasteiger partial charge in [0, 0.05) is 31.7 Å². The number of nitrogens with zero attached hydrogens (tertiary/aromatic N) is 2. The molecule has 0 amide bonds. The zero-order valence-electron chi connectivity index (χ0n) is 13.8. The third-order valence-corrected chi connectivity index (χ3v) is 5.62. The number of nitrogens with one attached hydrogen (secondary N) is 2. The van der Waals surface area contributed by atoms with Gasteiger partial charge in [0.1, 0.15) is 5.56 Å². The van der Waals surface area contributed by atoms with E-state index in [9.17, 15) is 18.1 Å². The van der Waals surface area contributed by atoms with Gasteiger partial charge in [0.15, 0.2) is 0 Å². The molecular weight excluding hydrogens is 366 g/mol. The quantitative estimate of drug-likeness (QED) is 0.634. The minimum absolute atomic E-state index is 0.0128. The van der Waals surface area contributed by atoms with Crippen molar-refractivity contribution in [3.8, 4) is 0 Å². The van der Waals surface area contributed by atoms with Crippen LogP contribution in [0.4, 0.5) is 24.5 Å². The number of aromatic nitrogens is 2. The first-order valence-electron chi connectivity index (χ1n) is 8.11. The molecule has 2 atom stereocenters. The molecule has 2 aromatic rings. The van der Waals surface area contributed by atoms with Gasteiger partial charge in [-0.3, -0.25) is 0 Å². The van der Waals surface area contributed by atoms with Crippen molar-refractivity contribution < 1.29 is 18.1 Å². The monoisotopic (exact) mass is 385 g/mol. The summed E-state index contributed by atoms with van der Waals surface area (Å²) >= 11 is 0. The maximum atomic E-state index is 13.4. The number of nitrogens with two attached hydrogens (primary N) is 1. The first kappa shape index (κ1) is 18.7. The number of rotatable bonds is 2. The Labute approximate surface area is 149 Å². The van der Waals surface area contributed by atoms with Crippen LogP contribution in [0, 0.1) is 0 Å². The number of hydrogen-bond donors (Lipinski definition) is 4. The van der Waals surface area contributed by atoms with E-state index in [1.165, 1.54) is 6.07 Å². The van der Waals surface area contributed by atoms with Gasteiger partial charge in [-0.1, -0.05) is 12.1 Å². The molecule has 0 saturated carbocycles. The lowest BCUT2D eigenvalue weighted by Gasteiger charge is -2.23. The number of piperidine rings is 1. The molecule has 0 bridgehead atoms. The molecule has 0 radical (unpaired) electrons. The van der Waals surface area contributed by atoms with Crippen molar-refractivity contribution in [3.05, 3.63) is 36.0 Å². The Morgan fingerprint density at radius 2 is 2.08 bits per heavy atom. The Morgan fingerprint density at radius 3 is 2.77 bits per heavy atom. The number of para-hydroxylation sites is 1. The number of anilines is 2. The van der Waals surface area contributed by atoms with E-state index in [0.717, 1.165) is 19.4 Å². The lowest BCUT2D eigenvalue weighted by Crippen LogP contribution is -2.38. The fraction of sp³-hybridized carbons (Fsp3) is 0.375. The molecule has 1 aromatic heterocycles. The van der Waals surface area contributed by atoms with Crippen molar-refractivity contribution in [3.63, 3.8) is 0 Å². The van der Waals surface area contributed by atoms with E-state index in [2.05, 4.69) is 20.6 Å². The maximum Gasteiger partial charge on any atom is 0.420 e. The molecule has 3 rings (SSSR count). The van der Waals surface area contributed by atoms with Crippen LogP contribution in [0.5, 0.6) is 0 Å². The van der Waals surface area contributed by atoms with Gasteiger partial charge in [-0.15, -0.1) is 0 Å². The standard InChI is InChI=1S/C16H19F3N5OP/c17-16(18,19)11-9-22-15(23-10-4-3-7-21-8-10)24-12-5-1-2-6-13(12)26(25)14(11)20/h1-2,5-6,9-10,21,25H,3-4,7-8,20H2,(H,23,24)/t10-,26?/m0/s1. The molecule has 2 heterocycles. The normalized spacial score (nSPS) is 18.5. The highest BCUT2D eigenvalue weighted by Gasteiger charge is 2.34. The minimum Gasteiger partial charge on any atom is -0.393 e. The first-order valence-corrected chi connectivity index (χ1v) is 9.40. The minimum atomic E-state index is -4.73. The van der Waals surface area contributed by atoms with E-state index < -0.39 is 24.9 Å². The Hall–Kier alpha value is -2.09. The summed E-state index contributed by atoms with van der Waals surface area (Å²) in [6.07, 6.45) is -2.28. The van der Waals surface area contributed by atoms with Gasteiger partial charge in [0.25, 0.3) is 0 Å². The number of nitrogen functional groups attached to an aromatic ring is 1. The molecule has 1 aliphatic heterocycles. The van der Waals surface area contributed by atoms with Gasteiger partial charge in [-0.05, 0) is 31.5 Å². The van der Waals surface area contributed by atoms with E-state index in [4.69, 9.17) is 5.73 Å². The summed E-state index contributed by atoms with van der Waals surface area (Å²) in [7, 11) is -2.37. The highest BCUT2D eigenvalue weighted by Crippen LogP contribution is 2.44. The van der Waals surface area contributed by atoms with E-state index in [0.29, 0.717) is 18.3 Å². The second-order valence-electron chi connectivity index (χ2n) is 5.98. The lowest BCUT2D eigenvalue weighted by molar-refractivity contribution is -0.136. The largest absolute Gasteiger partial charge is 0.420 e. The van der Waals surface area contributed by atoms with Crippen LogP contribution < -0.4 is 16.4 Å². The lowest BCUT2D eigenvalue weighted by atomic mass is 10.1. The average Bonchev–Trinajstić information content (AvgIpc) is 2.65. The molecule has 1 fully saturated rings. The summed E-state index contributed by atoms with van der Waals surface area (Å²) in [5, 5.41) is 6.55. The van der Waals surface area contributed by atoms with E-state index in [1.54, 1.807) is 18.2 Å². The number of benzene rings is 1. The summed E-state index contributed by atoms with van der Waals surface area (Å²) in [5.41, 5.74) is 4.21. The molecule has 1 aromatic carbocycles. The van der Waals surface area contributed by atoms with E-state index in [1.807, 2.05) is 0 Å². The second-order valence-corrected chi connectivity index (χ2v) is 7.57. The van der Waals surface area contributed by atoms with Crippen LogP contribution in [0.3, 0.4) is 0 Å².